The number of nitrogens with two attached hydrogens (primary N) is 1. The molecule has 0 spiro atoms. The highest BCUT2D eigenvalue weighted by Crippen LogP contribution is 2.25. The number of thioether (sulfide) groups is 1. The second-order valence-electron chi connectivity index (χ2n) is 4.08. The molecule has 1 aromatic heterocycles. The van der Waals surface area contributed by atoms with Crippen LogP contribution < -0.4 is 5.73 Å². The van der Waals surface area contributed by atoms with Gasteiger partial charge in [-0.15, -0.1) is 11.8 Å². The minimum atomic E-state index is 0.432. The Morgan fingerprint density at radius 2 is 1.95 bits per heavy atom. The van der Waals surface area contributed by atoms with Gasteiger partial charge in [0.15, 0.2) is 5.82 Å². The molecule has 106 valence electrons. The minimum Gasteiger partial charge on any atom is -0.383 e. The van der Waals surface area contributed by atoms with Crippen LogP contribution in [0.1, 0.15) is 12.6 Å². The molecule has 2 N–H and O–H groups in total. The summed E-state index contributed by atoms with van der Waals surface area (Å²) < 4.78 is 6.00. The number of ether oxygens (including phenoxy) is 1. The van der Waals surface area contributed by atoms with E-state index in [0.29, 0.717) is 18.2 Å². The van der Waals surface area contributed by atoms with E-state index in [2.05, 4.69) is 51.6 Å². The van der Waals surface area contributed by atoms with Crippen LogP contribution in [-0.2, 0) is 11.3 Å². The fraction of sp³-hybridized carbons (Fsp3) is 0.286. The van der Waals surface area contributed by atoms with Gasteiger partial charge in [0.1, 0.15) is 5.82 Å². The number of nitrogen functional groups attached to an aromatic ring is 1. The number of rotatable bonds is 5. The van der Waals surface area contributed by atoms with Crippen LogP contribution in [0.4, 0.5) is 5.82 Å². The molecule has 2 aromatic rings. The van der Waals surface area contributed by atoms with Gasteiger partial charge in [0, 0.05) is 17.6 Å². The lowest BCUT2D eigenvalue weighted by molar-refractivity contribution is 0.181. The Balaban J connectivity index is 2.36. The molecule has 1 aromatic carbocycles. The summed E-state index contributed by atoms with van der Waals surface area (Å²) in [6.07, 6.45) is 0. The molecule has 20 heavy (non-hydrogen) atoms. The van der Waals surface area contributed by atoms with E-state index >= 15 is 0 Å². The second-order valence-corrected chi connectivity index (χ2v) is 6.50. The van der Waals surface area contributed by atoms with E-state index in [0.717, 1.165) is 20.6 Å². The van der Waals surface area contributed by atoms with Gasteiger partial charge in [0.2, 0.25) is 0 Å². The van der Waals surface area contributed by atoms with Crippen LogP contribution in [0.2, 0.25) is 0 Å². The first-order chi connectivity index (χ1) is 9.65. The summed E-state index contributed by atoms with van der Waals surface area (Å²) >= 11 is 3.96. The number of anilines is 1. The Kier molecular flexibility index (Phi) is 5.62. The smallest absolute Gasteiger partial charge is 0.161 e. The molecule has 0 fully saturated rings. The van der Waals surface area contributed by atoms with Crippen LogP contribution >= 0.6 is 34.4 Å². The van der Waals surface area contributed by atoms with Gasteiger partial charge >= 0.3 is 0 Å². The van der Waals surface area contributed by atoms with Crippen LogP contribution in [0.25, 0.3) is 11.4 Å². The molecule has 0 aliphatic rings. The van der Waals surface area contributed by atoms with Gasteiger partial charge in [0.05, 0.1) is 15.9 Å². The predicted octanol–water partition coefficient (Wildman–Crippen LogP) is 3.59. The first-order valence-electron chi connectivity index (χ1n) is 6.19. The molecular formula is C14H16IN3OS. The highest BCUT2D eigenvalue weighted by Gasteiger charge is 2.11. The minimum absolute atomic E-state index is 0.432. The van der Waals surface area contributed by atoms with E-state index in [9.17, 15) is 0 Å². The standard InChI is InChI=1S/C14H16IN3OS/c1-3-20-10-6-4-9(5-7-10)14-17-11(8-19-2)12(15)13(16)18-14/h4-7H,3,8H2,1-2H3,(H2,16,17,18). The van der Waals surface area contributed by atoms with Gasteiger partial charge in [-0.25, -0.2) is 9.97 Å². The van der Waals surface area contributed by atoms with Gasteiger partial charge in [-0.2, -0.15) is 0 Å². The Hall–Kier alpha value is -0.860. The summed E-state index contributed by atoms with van der Waals surface area (Å²) in [5.74, 6) is 2.20. The van der Waals surface area contributed by atoms with E-state index in [1.165, 1.54) is 4.90 Å². The number of benzene rings is 1. The zero-order valence-electron chi connectivity index (χ0n) is 11.4. The topological polar surface area (TPSA) is 61.0 Å². The summed E-state index contributed by atoms with van der Waals surface area (Å²) in [6.45, 7) is 2.57. The zero-order valence-corrected chi connectivity index (χ0v) is 14.4. The van der Waals surface area contributed by atoms with Crippen molar-refractivity contribution in [3.05, 3.63) is 33.5 Å². The third-order valence-electron chi connectivity index (χ3n) is 2.65. The predicted molar refractivity (Wildman–Crippen MR) is 91.7 cm³/mol. The highest BCUT2D eigenvalue weighted by molar-refractivity contribution is 14.1. The van der Waals surface area contributed by atoms with Crippen LogP contribution in [0.15, 0.2) is 29.2 Å². The molecule has 0 saturated heterocycles. The maximum absolute atomic E-state index is 5.95. The van der Waals surface area contributed by atoms with Crippen LogP contribution in [0.5, 0.6) is 0 Å². The van der Waals surface area contributed by atoms with Crippen LogP contribution in [0, 0.1) is 3.57 Å². The Morgan fingerprint density at radius 1 is 1.25 bits per heavy atom. The van der Waals surface area contributed by atoms with E-state index < -0.39 is 0 Å². The fourth-order valence-corrected chi connectivity index (χ4v) is 2.80. The lowest BCUT2D eigenvalue weighted by atomic mass is 10.2. The zero-order chi connectivity index (χ0) is 14.5. The van der Waals surface area contributed by atoms with Gasteiger partial charge < -0.3 is 10.5 Å². The van der Waals surface area contributed by atoms with Gasteiger partial charge in [-0.3, -0.25) is 0 Å². The number of nitrogens with zero attached hydrogens (tertiary/aromatic N) is 2. The van der Waals surface area contributed by atoms with Gasteiger partial charge in [0.25, 0.3) is 0 Å². The monoisotopic (exact) mass is 401 g/mol. The molecule has 0 aliphatic carbocycles. The van der Waals surface area contributed by atoms with Gasteiger partial charge in [-0.1, -0.05) is 19.1 Å². The molecule has 0 saturated carbocycles. The quantitative estimate of drug-likeness (QED) is 0.613. The Labute approximate surface area is 136 Å². The van der Waals surface area contributed by atoms with Crippen molar-refractivity contribution in [1.82, 2.24) is 9.97 Å². The number of hydrogen-bond donors (Lipinski definition) is 1. The summed E-state index contributed by atoms with van der Waals surface area (Å²) in [5.41, 5.74) is 7.73. The van der Waals surface area contributed by atoms with Crippen molar-refractivity contribution < 1.29 is 4.74 Å². The summed E-state index contributed by atoms with van der Waals surface area (Å²) in [4.78, 5) is 10.1. The molecular weight excluding hydrogens is 385 g/mol. The molecule has 2 rings (SSSR count). The first kappa shape index (κ1) is 15.5. The maximum atomic E-state index is 5.95. The van der Waals surface area contributed by atoms with Crippen molar-refractivity contribution in [2.75, 3.05) is 18.6 Å². The van der Waals surface area contributed by atoms with E-state index in [1.54, 1.807) is 7.11 Å². The van der Waals surface area contributed by atoms with Crippen molar-refractivity contribution in [3.8, 4) is 11.4 Å². The van der Waals surface area contributed by atoms with Crippen molar-refractivity contribution in [1.29, 1.82) is 0 Å². The highest BCUT2D eigenvalue weighted by atomic mass is 127. The lowest BCUT2D eigenvalue weighted by Gasteiger charge is -2.09. The largest absolute Gasteiger partial charge is 0.383 e. The average Bonchev–Trinajstić information content (AvgIpc) is 2.45. The average molecular weight is 401 g/mol. The first-order valence-corrected chi connectivity index (χ1v) is 8.26. The molecule has 6 heteroatoms. The van der Waals surface area contributed by atoms with Crippen LogP contribution in [0.3, 0.4) is 0 Å². The number of methoxy groups -OCH3 is 1. The number of halogens is 1. The fourth-order valence-electron chi connectivity index (χ4n) is 1.74. The third-order valence-corrected chi connectivity index (χ3v) is 4.72. The summed E-state index contributed by atoms with van der Waals surface area (Å²) in [5, 5.41) is 0. The lowest BCUT2D eigenvalue weighted by Crippen LogP contribution is -2.05. The molecule has 0 amide bonds. The van der Waals surface area contributed by atoms with Crippen molar-refractivity contribution in [2.24, 2.45) is 0 Å². The van der Waals surface area contributed by atoms with E-state index in [1.807, 2.05) is 23.9 Å². The second kappa shape index (κ2) is 7.24. The normalized spacial score (nSPS) is 10.8. The number of aromatic nitrogens is 2. The SMILES string of the molecule is CCSc1ccc(-c2nc(N)c(I)c(COC)n2)cc1. The molecule has 0 atom stereocenters. The maximum Gasteiger partial charge on any atom is 0.161 e. The molecule has 0 radical (unpaired) electrons. The number of hydrogen-bond acceptors (Lipinski definition) is 5. The summed E-state index contributed by atoms with van der Waals surface area (Å²) in [6, 6.07) is 8.21. The Bertz CT molecular complexity index is 590. The molecule has 0 aliphatic heterocycles. The van der Waals surface area contributed by atoms with Crippen molar-refractivity contribution in [2.45, 2.75) is 18.4 Å². The third kappa shape index (κ3) is 3.62. The molecule has 0 bridgehead atoms. The van der Waals surface area contributed by atoms with Crippen LogP contribution in [-0.4, -0.2) is 22.8 Å². The Morgan fingerprint density at radius 3 is 2.55 bits per heavy atom. The molecule has 4 nitrogen and oxygen atoms in total. The van der Waals surface area contributed by atoms with E-state index in [4.69, 9.17) is 10.5 Å². The van der Waals surface area contributed by atoms with Crippen molar-refractivity contribution in [3.63, 3.8) is 0 Å². The summed E-state index contributed by atoms with van der Waals surface area (Å²) in [7, 11) is 1.64. The van der Waals surface area contributed by atoms with Gasteiger partial charge in [-0.05, 0) is 40.5 Å². The molecule has 1 heterocycles. The van der Waals surface area contributed by atoms with Crippen molar-refractivity contribution >= 4 is 40.2 Å². The molecule has 0 unspecified atom stereocenters. The van der Waals surface area contributed by atoms with E-state index in [-0.39, 0.29) is 0 Å².